The average Bonchev–Trinajstić information content (AvgIpc) is 3.37. The van der Waals surface area contributed by atoms with Gasteiger partial charge >= 0.3 is 0 Å². The summed E-state index contributed by atoms with van der Waals surface area (Å²) in [7, 11) is 0. The molecule has 1 amide bonds. The maximum atomic E-state index is 13.9. The first kappa shape index (κ1) is 19.3. The average molecular weight is 400 g/mol. The molecular formula is C21H22F2N4O2. The Kier molecular flexibility index (Phi) is 5.69. The van der Waals surface area contributed by atoms with Crippen LogP contribution in [0.25, 0.3) is 11.3 Å². The minimum absolute atomic E-state index is 0.131. The summed E-state index contributed by atoms with van der Waals surface area (Å²) in [6, 6.07) is 5.37. The summed E-state index contributed by atoms with van der Waals surface area (Å²) in [5.74, 6) is -0.330. The lowest BCUT2D eigenvalue weighted by Crippen LogP contribution is -2.20. The van der Waals surface area contributed by atoms with E-state index in [0.717, 1.165) is 25.0 Å². The molecule has 0 radical (unpaired) electrons. The minimum atomic E-state index is -0.721. The molecule has 29 heavy (non-hydrogen) atoms. The van der Waals surface area contributed by atoms with Crippen LogP contribution >= 0.6 is 0 Å². The quantitative estimate of drug-likeness (QED) is 0.639. The molecule has 6 nitrogen and oxygen atoms in total. The number of carbonyl (C=O) groups excluding carboxylic acids is 1. The Labute approximate surface area is 166 Å². The molecule has 2 heterocycles. The summed E-state index contributed by atoms with van der Waals surface area (Å²) >= 11 is 0. The molecule has 2 aromatic heterocycles. The van der Waals surface area contributed by atoms with E-state index in [4.69, 9.17) is 4.42 Å². The second-order valence-electron chi connectivity index (χ2n) is 7.24. The van der Waals surface area contributed by atoms with E-state index < -0.39 is 11.6 Å². The van der Waals surface area contributed by atoms with E-state index in [9.17, 15) is 13.6 Å². The molecule has 1 N–H and O–H groups in total. The van der Waals surface area contributed by atoms with Gasteiger partial charge in [0.2, 0.25) is 5.91 Å². The van der Waals surface area contributed by atoms with Gasteiger partial charge in [0.25, 0.3) is 0 Å². The Balaban J connectivity index is 1.35. The van der Waals surface area contributed by atoms with Crippen LogP contribution in [0.5, 0.6) is 0 Å². The maximum Gasteiger partial charge on any atom is 0.226 e. The van der Waals surface area contributed by atoms with Gasteiger partial charge in [-0.05, 0) is 25.0 Å². The van der Waals surface area contributed by atoms with Gasteiger partial charge in [0.15, 0.2) is 11.7 Å². The van der Waals surface area contributed by atoms with Gasteiger partial charge < -0.3 is 9.73 Å². The van der Waals surface area contributed by atoms with Crippen molar-refractivity contribution in [3.63, 3.8) is 0 Å². The minimum Gasteiger partial charge on any atom is -0.441 e. The van der Waals surface area contributed by atoms with E-state index in [0.29, 0.717) is 17.8 Å². The fourth-order valence-electron chi connectivity index (χ4n) is 3.70. The number of halogens is 2. The molecule has 1 aliphatic carbocycles. The summed E-state index contributed by atoms with van der Waals surface area (Å²) in [4.78, 5) is 16.5. The summed E-state index contributed by atoms with van der Waals surface area (Å²) in [6.07, 6.45) is 9.27. The van der Waals surface area contributed by atoms with Crippen molar-refractivity contribution in [3.8, 4) is 11.3 Å². The molecule has 152 valence electrons. The van der Waals surface area contributed by atoms with E-state index in [1.807, 2.05) is 4.68 Å². The predicted octanol–water partition coefficient (Wildman–Crippen LogP) is 4.89. The van der Waals surface area contributed by atoms with Gasteiger partial charge in [-0.3, -0.25) is 4.79 Å². The van der Waals surface area contributed by atoms with Crippen molar-refractivity contribution in [1.82, 2.24) is 14.8 Å². The molecule has 0 spiro atoms. The van der Waals surface area contributed by atoms with Crippen molar-refractivity contribution in [2.24, 2.45) is 0 Å². The zero-order valence-corrected chi connectivity index (χ0v) is 15.9. The van der Waals surface area contributed by atoms with Crippen molar-refractivity contribution in [3.05, 3.63) is 54.2 Å². The number of hydrogen-bond acceptors (Lipinski definition) is 4. The molecule has 1 saturated carbocycles. The molecule has 4 rings (SSSR count). The van der Waals surface area contributed by atoms with Crippen LogP contribution in [0.1, 0.15) is 50.5 Å². The lowest BCUT2D eigenvalue weighted by atomic mass is 9.96. The Hall–Kier alpha value is -3.03. The van der Waals surface area contributed by atoms with Crippen LogP contribution in [-0.4, -0.2) is 20.7 Å². The molecule has 0 bridgehead atoms. The number of rotatable bonds is 6. The lowest BCUT2D eigenvalue weighted by Gasteiger charge is -2.23. The first-order chi connectivity index (χ1) is 14.1. The monoisotopic (exact) mass is 400 g/mol. The fourth-order valence-corrected chi connectivity index (χ4v) is 3.70. The standard InChI is InChI=1S/C21H22F2N4O2/c22-14-6-7-16(17(23)12-14)18-13-24-21(29-18)9-8-20(28)26-19-10-11-25-27(19)15-4-2-1-3-5-15/h6-7,10-13,15H,1-5,8-9H2,(H,26,28). The molecule has 1 aliphatic rings. The molecular weight excluding hydrogens is 378 g/mol. The van der Waals surface area contributed by atoms with Gasteiger partial charge in [0.05, 0.1) is 24.0 Å². The van der Waals surface area contributed by atoms with Gasteiger partial charge in [-0.25, -0.2) is 18.4 Å². The van der Waals surface area contributed by atoms with E-state index in [1.54, 1.807) is 12.3 Å². The third-order valence-corrected chi connectivity index (χ3v) is 5.17. The Bertz CT molecular complexity index is 992. The fraction of sp³-hybridized carbons (Fsp3) is 0.381. The Morgan fingerprint density at radius 2 is 2.03 bits per heavy atom. The van der Waals surface area contributed by atoms with Gasteiger partial charge in [-0.1, -0.05) is 19.3 Å². The van der Waals surface area contributed by atoms with Gasteiger partial charge in [-0.15, -0.1) is 0 Å². The predicted molar refractivity (Wildman–Crippen MR) is 103 cm³/mol. The number of nitrogens with zero attached hydrogens (tertiary/aromatic N) is 3. The maximum absolute atomic E-state index is 13.9. The summed E-state index contributed by atoms with van der Waals surface area (Å²) in [6.45, 7) is 0. The normalized spacial score (nSPS) is 14.8. The molecule has 8 heteroatoms. The first-order valence-corrected chi connectivity index (χ1v) is 9.83. The molecule has 1 fully saturated rings. The lowest BCUT2D eigenvalue weighted by molar-refractivity contribution is -0.116. The number of anilines is 1. The van der Waals surface area contributed by atoms with Crippen LogP contribution in [-0.2, 0) is 11.2 Å². The molecule has 0 saturated heterocycles. The number of aryl methyl sites for hydroxylation is 1. The highest BCUT2D eigenvalue weighted by Crippen LogP contribution is 2.30. The number of hydrogen-bond donors (Lipinski definition) is 1. The number of carbonyl (C=O) groups is 1. The van der Waals surface area contributed by atoms with Gasteiger partial charge in [0, 0.05) is 25.0 Å². The second kappa shape index (κ2) is 8.55. The summed E-state index contributed by atoms with van der Waals surface area (Å²) in [5.41, 5.74) is 0.131. The summed E-state index contributed by atoms with van der Waals surface area (Å²) < 4.78 is 34.3. The SMILES string of the molecule is O=C(CCc1ncc(-c2ccc(F)cc2F)o1)Nc1ccnn1C1CCCCC1. The van der Waals surface area contributed by atoms with Crippen molar-refractivity contribution < 1.29 is 18.0 Å². The highest BCUT2D eigenvalue weighted by Gasteiger charge is 2.19. The number of oxazole rings is 1. The highest BCUT2D eigenvalue weighted by molar-refractivity contribution is 5.89. The largest absolute Gasteiger partial charge is 0.441 e. The molecule has 1 aromatic carbocycles. The first-order valence-electron chi connectivity index (χ1n) is 9.83. The zero-order chi connectivity index (χ0) is 20.2. The van der Waals surface area contributed by atoms with Crippen LogP contribution in [0.15, 0.2) is 41.1 Å². The number of aromatic nitrogens is 3. The van der Waals surface area contributed by atoms with Crippen LogP contribution in [0.3, 0.4) is 0 Å². The van der Waals surface area contributed by atoms with Crippen molar-refractivity contribution in [1.29, 1.82) is 0 Å². The molecule has 3 aromatic rings. The second-order valence-corrected chi connectivity index (χ2v) is 7.24. The number of nitrogens with one attached hydrogen (secondary N) is 1. The highest BCUT2D eigenvalue weighted by atomic mass is 19.1. The van der Waals surface area contributed by atoms with Crippen molar-refractivity contribution in [2.75, 3.05) is 5.32 Å². The van der Waals surface area contributed by atoms with E-state index in [2.05, 4.69) is 15.4 Å². The summed E-state index contributed by atoms with van der Waals surface area (Å²) in [5, 5.41) is 7.27. The van der Waals surface area contributed by atoms with Crippen LogP contribution in [0.4, 0.5) is 14.6 Å². The zero-order valence-electron chi connectivity index (χ0n) is 15.9. The molecule has 0 aliphatic heterocycles. The van der Waals surface area contributed by atoms with Crippen molar-refractivity contribution >= 4 is 11.7 Å². The van der Waals surface area contributed by atoms with Gasteiger partial charge in [-0.2, -0.15) is 5.10 Å². The molecule has 0 atom stereocenters. The van der Waals surface area contributed by atoms with E-state index in [1.165, 1.54) is 31.5 Å². The number of amides is 1. The van der Waals surface area contributed by atoms with E-state index in [-0.39, 0.29) is 30.1 Å². The van der Waals surface area contributed by atoms with Gasteiger partial charge in [0.1, 0.15) is 17.5 Å². The third kappa shape index (κ3) is 4.52. The topological polar surface area (TPSA) is 73.0 Å². The molecule has 0 unspecified atom stereocenters. The van der Waals surface area contributed by atoms with Crippen LogP contribution < -0.4 is 5.32 Å². The van der Waals surface area contributed by atoms with Crippen LogP contribution in [0.2, 0.25) is 0 Å². The Morgan fingerprint density at radius 1 is 1.21 bits per heavy atom. The Morgan fingerprint density at radius 3 is 2.83 bits per heavy atom. The van der Waals surface area contributed by atoms with E-state index >= 15 is 0 Å². The number of benzene rings is 1. The third-order valence-electron chi connectivity index (χ3n) is 5.17. The van der Waals surface area contributed by atoms with Crippen LogP contribution in [0, 0.1) is 11.6 Å². The smallest absolute Gasteiger partial charge is 0.226 e. The van der Waals surface area contributed by atoms with Crippen molar-refractivity contribution in [2.45, 2.75) is 51.0 Å².